The summed E-state index contributed by atoms with van der Waals surface area (Å²) in [5, 5.41) is 0. The maximum atomic E-state index is 14.9. The standard InChI is InChI=1S/C19H26F4N2O/c1-13(2)18-14(11-24-5-3-4-6-24)9-15(10-16(18)20)25-7-8-26-12-17(25)19(21,22)23/h9-10,13,17H,3-8,11-12H2,1-2H3. The van der Waals surface area contributed by atoms with E-state index in [-0.39, 0.29) is 19.1 Å². The second kappa shape index (κ2) is 7.72. The Labute approximate surface area is 151 Å². The average molecular weight is 374 g/mol. The number of halogens is 4. The predicted octanol–water partition coefficient (Wildman–Crippen LogP) is 4.31. The molecule has 3 rings (SSSR count). The van der Waals surface area contributed by atoms with Crippen LogP contribution in [0.5, 0.6) is 0 Å². The summed E-state index contributed by atoms with van der Waals surface area (Å²) in [4.78, 5) is 3.48. The first kappa shape index (κ1) is 19.4. The molecule has 0 aliphatic carbocycles. The highest BCUT2D eigenvalue weighted by atomic mass is 19.4. The second-order valence-corrected chi connectivity index (χ2v) is 7.46. The van der Waals surface area contributed by atoms with Crippen molar-refractivity contribution in [1.29, 1.82) is 0 Å². The molecule has 0 bridgehead atoms. The molecule has 1 unspecified atom stereocenters. The van der Waals surface area contributed by atoms with Gasteiger partial charge >= 0.3 is 6.18 Å². The van der Waals surface area contributed by atoms with Crippen molar-refractivity contribution in [2.45, 2.75) is 51.4 Å². The van der Waals surface area contributed by atoms with E-state index in [1.807, 2.05) is 13.8 Å². The lowest BCUT2D eigenvalue weighted by Gasteiger charge is -2.38. The number of rotatable bonds is 4. The highest BCUT2D eigenvalue weighted by molar-refractivity contribution is 5.54. The number of nitrogens with zero attached hydrogens (tertiary/aromatic N) is 2. The SMILES string of the molecule is CC(C)c1c(F)cc(N2CCOCC2C(F)(F)F)cc1CN1CCCC1. The minimum absolute atomic E-state index is 0.0234. The van der Waals surface area contributed by atoms with Crippen LogP contribution < -0.4 is 4.90 Å². The Morgan fingerprint density at radius 1 is 1.15 bits per heavy atom. The summed E-state index contributed by atoms with van der Waals surface area (Å²) >= 11 is 0. The zero-order valence-electron chi connectivity index (χ0n) is 15.3. The molecule has 0 saturated carbocycles. The molecule has 1 aromatic carbocycles. The van der Waals surface area contributed by atoms with Crippen molar-refractivity contribution in [3.8, 4) is 0 Å². The number of anilines is 1. The van der Waals surface area contributed by atoms with Gasteiger partial charge in [-0.05, 0) is 55.1 Å². The molecule has 0 radical (unpaired) electrons. The highest BCUT2D eigenvalue weighted by Gasteiger charge is 2.45. The van der Waals surface area contributed by atoms with Gasteiger partial charge in [0.25, 0.3) is 0 Å². The van der Waals surface area contributed by atoms with Gasteiger partial charge in [0.2, 0.25) is 0 Å². The van der Waals surface area contributed by atoms with Crippen molar-refractivity contribution >= 4 is 5.69 Å². The van der Waals surface area contributed by atoms with E-state index in [9.17, 15) is 17.6 Å². The molecule has 146 valence electrons. The maximum Gasteiger partial charge on any atom is 0.411 e. The summed E-state index contributed by atoms with van der Waals surface area (Å²) in [5.41, 5.74) is 1.70. The smallest absolute Gasteiger partial charge is 0.377 e. The second-order valence-electron chi connectivity index (χ2n) is 7.46. The Morgan fingerprint density at radius 3 is 2.46 bits per heavy atom. The molecule has 0 aromatic heterocycles. The van der Waals surface area contributed by atoms with Crippen LogP contribution in [0.15, 0.2) is 12.1 Å². The third-order valence-corrected chi connectivity index (χ3v) is 5.21. The zero-order chi connectivity index (χ0) is 18.9. The van der Waals surface area contributed by atoms with Crippen molar-refractivity contribution in [1.82, 2.24) is 4.90 Å². The first-order valence-electron chi connectivity index (χ1n) is 9.23. The molecule has 0 N–H and O–H groups in total. The minimum atomic E-state index is -4.41. The number of alkyl halides is 3. The van der Waals surface area contributed by atoms with Crippen LogP contribution in [0.3, 0.4) is 0 Å². The molecule has 26 heavy (non-hydrogen) atoms. The Balaban J connectivity index is 1.97. The van der Waals surface area contributed by atoms with Gasteiger partial charge < -0.3 is 9.64 Å². The van der Waals surface area contributed by atoms with Crippen LogP contribution in [0.25, 0.3) is 0 Å². The van der Waals surface area contributed by atoms with Crippen LogP contribution in [-0.4, -0.2) is 50.0 Å². The first-order chi connectivity index (χ1) is 12.3. The van der Waals surface area contributed by atoms with Crippen molar-refractivity contribution in [3.63, 3.8) is 0 Å². The van der Waals surface area contributed by atoms with Gasteiger partial charge in [-0.15, -0.1) is 0 Å². The summed E-state index contributed by atoms with van der Waals surface area (Å²) in [6.07, 6.45) is -2.19. The van der Waals surface area contributed by atoms with E-state index in [1.165, 1.54) is 11.0 Å². The van der Waals surface area contributed by atoms with E-state index in [1.54, 1.807) is 6.07 Å². The lowest BCUT2D eigenvalue weighted by atomic mass is 9.94. The third-order valence-electron chi connectivity index (χ3n) is 5.21. The fourth-order valence-corrected chi connectivity index (χ4v) is 3.97. The fourth-order valence-electron chi connectivity index (χ4n) is 3.97. The molecule has 1 atom stereocenters. The van der Waals surface area contributed by atoms with Crippen LogP contribution in [0.4, 0.5) is 23.2 Å². The van der Waals surface area contributed by atoms with Gasteiger partial charge in [0.1, 0.15) is 11.9 Å². The van der Waals surface area contributed by atoms with Gasteiger partial charge in [-0.2, -0.15) is 13.2 Å². The van der Waals surface area contributed by atoms with Crippen molar-refractivity contribution < 1.29 is 22.3 Å². The topological polar surface area (TPSA) is 15.7 Å². The lowest BCUT2D eigenvalue weighted by Crippen LogP contribution is -2.53. The van der Waals surface area contributed by atoms with E-state index in [2.05, 4.69) is 4.90 Å². The zero-order valence-corrected chi connectivity index (χ0v) is 15.3. The Hall–Kier alpha value is -1.34. The largest absolute Gasteiger partial charge is 0.411 e. The predicted molar refractivity (Wildman–Crippen MR) is 93.0 cm³/mol. The molecule has 2 saturated heterocycles. The number of ether oxygens (including phenoxy) is 1. The maximum absolute atomic E-state index is 14.9. The molecule has 0 amide bonds. The third kappa shape index (κ3) is 4.14. The average Bonchev–Trinajstić information content (AvgIpc) is 3.06. The molecule has 2 fully saturated rings. The van der Waals surface area contributed by atoms with Crippen molar-refractivity contribution in [2.24, 2.45) is 0 Å². The van der Waals surface area contributed by atoms with E-state index < -0.39 is 24.6 Å². The van der Waals surface area contributed by atoms with Gasteiger partial charge in [0, 0.05) is 18.8 Å². The van der Waals surface area contributed by atoms with Crippen LogP contribution in [-0.2, 0) is 11.3 Å². The molecule has 1 aromatic rings. The molecular formula is C19H26F4N2O. The van der Waals surface area contributed by atoms with Gasteiger partial charge in [0.15, 0.2) is 0 Å². The molecular weight excluding hydrogens is 348 g/mol. The monoisotopic (exact) mass is 374 g/mol. The van der Waals surface area contributed by atoms with Gasteiger partial charge in [-0.3, -0.25) is 4.90 Å². The molecule has 7 heteroatoms. The van der Waals surface area contributed by atoms with E-state index in [4.69, 9.17) is 4.74 Å². The van der Waals surface area contributed by atoms with Crippen LogP contribution >= 0.6 is 0 Å². The summed E-state index contributed by atoms with van der Waals surface area (Å²) in [5.74, 6) is -0.441. The Kier molecular flexibility index (Phi) is 5.77. The quantitative estimate of drug-likeness (QED) is 0.731. The van der Waals surface area contributed by atoms with E-state index in [0.717, 1.165) is 31.5 Å². The first-order valence-corrected chi connectivity index (χ1v) is 9.23. The van der Waals surface area contributed by atoms with Crippen LogP contribution in [0.2, 0.25) is 0 Å². The summed E-state index contributed by atoms with van der Waals surface area (Å²) < 4.78 is 60.1. The van der Waals surface area contributed by atoms with Crippen molar-refractivity contribution in [2.75, 3.05) is 37.7 Å². The number of likely N-dealkylation sites (tertiary alicyclic amines) is 1. The normalized spacial score (nSPS) is 22.4. The Bertz CT molecular complexity index is 627. The van der Waals surface area contributed by atoms with Crippen LogP contribution in [0.1, 0.15) is 43.7 Å². The molecule has 2 aliphatic rings. The Morgan fingerprint density at radius 2 is 1.85 bits per heavy atom. The summed E-state index contributed by atoms with van der Waals surface area (Å²) in [6, 6.07) is 1.27. The molecule has 2 heterocycles. The van der Waals surface area contributed by atoms with E-state index in [0.29, 0.717) is 17.8 Å². The summed E-state index contributed by atoms with van der Waals surface area (Å²) in [6.45, 7) is 6.21. The number of hydrogen-bond donors (Lipinski definition) is 0. The fraction of sp³-hybridized carbons (Fsp3) is 0.684. The van der Waals surface area contributed by atoms with Crippen LogP contribution in [0, 0.1) is 5.82 Å². The van der Waals surface area contributed by atoms with E-state index >= 15 is 0 Å². The number of hydrogen-bond acceptors (Lipinski definition) is 3. The number of benzene rings is 1. The molecule has 0 spiro atoms. The minimum Gasteiger partial charge on any atom is -0.377 e. The van der Waals surface area contributed by atoms with Gasteiger partial charge in [0.05, 0.1) is 13.2 Å². The number of morpholine rings is 1. The van der Waals surface area contributed by atoms with Crippen molar-refractivity contribution in [3.05, 3.63) is 29.1 Å². The molecule has 3 nitrogen and oxygen atoms in total. The molecule has 2 aliphatic heterocycles. The highest BCUT2D eigenvalue weighted by Crippen LogP contribution is 2.35. The lowest BCUT2D eigenvalue weighted by molar-refractivity contribution is -0.167. The summed E-state index contributed by atoms with van der Waals surface area (Å²) in [7, 11) is 0. The van der Waals surface area contributed by atoms with Gasteiger partial charge in [-0.1, -0.05) is 13.8 Å². The van der Waals surface area contributed by atoms with Gasteiger partial charge in [-0.25, -0.2) is 4.39 Å².